The van der Waals surface area contributed by atoms with Crippen molar-refractivity contribution in [1.82, 2.24) is 5.32 Å². The van der Waals surface area contributed by atoms with E-state index in [1.54, 1.807) is 17.4 Å². The Balaban J connectivity index is 2.14. The van der Waals surface area contributed by atoms with E-state index in [9.17, 15) is 10.1 Å². The van der Waals surface area contributed by atoms with Gasteiger partial charge in [-0.25, -0.2) is 0 Å². The number of halogens is 1. The van der Waals surface area contributed by atoms with Crippen molar-refractivity contribution < 1.29 is 4.92 Å². The molecule has 0 amide bonds. The average Bonchev–Trinajstić information content (AvgIpc) is 2.94. The van der Waals surface area contributed by atoms with Gasteiger partial charge in [0.25, 0.3) is 5.69 Å². The Kier molecular flexibility index (Phi) is 5.33. The van der Waals surface area contributed by atoms with Gasteiger partial charge in [0.05, 0.1) is 4.92 Å². The van der Waals surface area contributed by atoms with Gasteiger partial charge >= 0.3 is 0 Å². The van der Waals surface area contributed by atoms with E-state index in [1.807, 2.05) is 11.4 Å². The second kappa shape index (κ2) is 7.02. The van der Waals surface area contributed by atoms with Crippen LogP contribution in [0.15, 0.2) is 35.7 Å². The summed E-state index contributed by atoms with van der Waals surface area (Å²) < 4.78 is 0. The Hall–Kier alpha value is -1.43. The van der Waals surface area contributed by atoms with Crippen molar-refractivity contribution in [2.45, 2.75) is 26.4 Å². The number of nitro groups is 1. The average molecular weight is 325 g/mol. The van der Waals surface area contributed by atoms with E-state index < -0.39 is 4.92 Å². The maximum Gasteiger partial charge on any atom is 0.269 e. The molecule has 2 rings (SSSR count). The molecule has 0 aliphatic rings. The molecule has 112 valence electrons. The molecule has 1 unspecified atom stereocenters. The molecule has 6 heteroatoms. The van der Waals surface area contributed by atoms with Gasteiger partial charge < -0.3 is 5.32 Å². The third-order valence-corrected chi connectivity index (χ3v) is 4.59. The Bertz CT molecular complexity index is 614. The van der Waals surface area contributed by atoms with Crippen LogP contribution >= 0.6 is 22.9 Å². The predicted octanol–water partition coefficient (Wildman–Crippen LogP) is 4.80. The molecule has 0 radical (unpaired) electrons. The zero-order valence-electron chi connectivity index (χ0n) is 11.9. The summed E-state index contributed by atoms with van der Waals surface area (Å²) in [7, 11) is 0. The van der Waals surface area contributed by atoms with E-state index in [0.717, 1.165) is 5.56 Å². The highest BCUT2D eigenvalue weighted by atomic mass is 35.5. The topological polar surface area (TPSA) is 55.2 Å². The molecule has 1 aromatic heterocycles. The number of hydrogen-bond donors (Lipinski definition) is 1. The van der Waals surface area contributed by atoms with Crippen LogP contribution in [0.2, 0.25) is 5.02 Å². The van der Waals surface area contributed by atoms with Crippen LogP contribution in [0.5, 0.6) is 0 Å². The summed E-state index contributed by atoms with van der Waals surface area (Å²) in [5, 5.41) is 16.9. The molecule has 0 saturated carbocycles. The first-order chi connectivity index (χ1) is 9.99. The molecule has 2 aromatic rings. The standard InChI is InChI=1S/C15H17ClN2O2S/c1-10(2)15(14-4-3-7-21-14)17-9-11-8-12(18(19)20)5-6-13(11)16/h3-8,10,15,17H,9H2,1-2H3. The van der Waals surface area contributed by atoms with E-state index in [-0.39, 0.29) is 11.7 Å². The van der Waals surface area contributed by atoms with Crippen LogP contribution in [0.1, 0.15) is 30.3 Å². The van der Waals surface area contributed by atoms with E-state index in [0.29, 0.717) is 17.5 Å². The Morgan fingerprint density at radius 2 is 2.14 bits per heavy atom. The highest BCUT2D eigenvalue weighted by molar-refractivity contribution is 7.10. The normalized spacial score (nSPS) is 12.6. The Morgan fingerprint density at radius 1 is 1.38 bits per heavy atom. The summed E-state index contributed by atoms with van der Waals surface area (Å²) in [4.78, 5) is 11.7. The maximum absolute atomic E-state index is 10.8. The molecule has 0 saturated heterocycles. The second-order valence-electron chi connectivity index (χ2n) is 5.15. The van der Waals surface area contributed by atoms with Gasteiger partial charge in [0.1, 0.15) is 0 Å². The largest absolute Gasteiger partial charge is 0.305 e. The van der Waals surface area contributed by atoms with Crippen molar-refractivity contribution in [3.8, 4) is 0 Å². The van der Waals surface area contributed by atoms with Crippen molar-refractivity contribution in [3.63, 3.8) is 0 Å². The third-order valence-electron chi connectivity index (χ3n) is 3.27. The van der Waals surface area contributed by atoms with E-state index >= 15 is 0 Å². The van der Waals surface area contributed by atoms with Crippen LogP contribution in [0.25, 0.3) is 0 Å². The number of hydrogen-bond acceptors (Lipinski definition) is 4. The molecule has 1 heterocycles. The van der Waals surface area contributed by atoms with Gasteiger partial charge in [-0.05, 0) is 29.0 Å². The number of nitro benzene ring substituents is 1. The molecule has 0 aliphatic carbocycles. The predicted molar refractivity (Wildman–Crippen MR) is 86.8 cm³/mol. The molecule has 1 N–H and O–H groups in total. The number of non-ortho nitro benzene ring substituents is 1. The lowest BCUT2D eigenvalue weighted by Gasteiger charge is -2.21. The van der Waals surface area contributed by atoms with Crippen LogP contribution in [0.3, 0.4) is 0 Å². The summed E-state index contributed by atoms with van der Waals surface area (Å²) in [5.74, 6) is 0.418. The first-order valence-corrected chi connectivity index (χ1v) is 7.94. The summed E-state index contributed by atoms with van der Waals surface area (Å²) in [6, 6.07) is 8.85. The fourth-order valence-corrected chi connectivity index (χ4v) is 3.32. The van der Waals surface area contributed by atoms with Gasteiger partial charge in [0, 0.05) is 34.6 Å². The number of nitrogens with zero attached hydrogens (tertiary/aromatic N) is 1. The minimum Gasteiger partial charge on any atom is -0.305 e. The van der Waals surface area contributed by atoms with Gasteiger partial charge in [-0.15, -0.1) is 11.3 Å². The zero-order valence-corrected chi connectivity index (χ0v) is 13.4. The minimum absolute atomic E-state index is 0.0634. The molecule has 0 fully saturated rings. The number of thiophene rings is 1. The van der Waals surface area contributed by atoms with Crippen molar-refractivity contribution in [2.24, 2.45) is 5.92 Å². The number of rotatable bonds is 6. The molecular formula is C15H17ClN2O2S. The van der Waals surface area contributed by atoms with Crippen LogP contribution in [0, 0.1) is 16.0 Å². The molecular weight excluding hydrogens is 308 g/mol. The van der Waals surface area contributed by atoms with Gasteiger partial charge in [0.15, 0.2) is 0 Å². The summed E-state index contributed by atoms with van der Waals surface area (Å²) in [6.07, 6.45) is 0. The molecule has 21 heavy (non-hydrogen) atoms. The SMILES string of the molecule is CC(C)C(NCc1cc([N+](=O)[O-])ccc1Cl)c1cccs1. The lowest BCUT2D eigenvalue weighted by Crippen LogP contribution is -2.24. The highest BCUT2D eigenvalue weighted by Crippen LogP contribution is 2.28. The van der Waals surface area contributed by atoms with Gasteiger partial charge in [0.2, 0.25) is 0 Å². The van der Waals surface area contributed by atoms with Crippen LogP contribution < -0.4 is 5.32 Å². The van der Waals surface area contributed by atoms with Crippen molar-refractivity contribution in [1.29, 1.82) is 0 Å². The van der Waals surface area contributed by atoms with Gasteiger partial charge in [-0.2, -0.15) is 0 Å². The monoisotopic (exact) mass is 324 g/mol. The molecule has 0 bridgehead atoms. The van der Waals surface area contributed by atoms with E-state index in [1.165, 1.54) is 17.0 Å². The number of nitrogens with one attached hydrogen (secondary N) is 1. The molecule has 0 aliphatic heterocycles. The van der Waals surface area contributed by atoms with Crippen molar-refractivity contribution in [3.05, 3.63) is 61.3 Å². The maximum atomic E-state index is 10.8. The van der Waals surface area contributed by atoms with Gasteiger partial charge in [-0.1, -0.05) is 31.5 Å². The lowest BCUT2D eigenvalue weighted by molar-refractivity contribution is -0.384. The fraction of sp³-hybridized carbons (Fsp3) is 0.333. The molecule has 4 nitrogen and oxygen atoms in total. The molecule has 1 atom stereocenters. The van der Waals surface area contributed by atoms with Crippen LogP contribution in [-0.2, 0) is 6.54 Å². The van der Waals surface area contributed by atoms with Crippen LogP contribution in [-0.4, -0.2) is 4.92 Å². The lowest BCUT2D eigenvalue weighted by atomic mass is 10.0. The fourth-order valence-electron chi connectivity index (χ4n) is 2.16. The molecule has 1 aromatic carbocycles. The number of benzene rings is 1. The van der Waals surface area contributed by atoms with E-state index in [4.69, 9.17) is 11.6 Å². The Labute approximate surface area is 132 Å². The smallest absolute Gasteiger partial charge is 0.269 e. The van der Waals surface area contributed by atoms with E-state index in [2.05, 4.69) is 25.2 Å². The summed E-state index contributed by atoms with van der Waals surface area (Å²) >= 11 is 7.83. The van der Waals surface area contributed by atoms with Crippen molar-refractivity contribution in [2.75, 3.05) is 0 Å². The highest BCUT2D eigenvalue weighted by Gasteiger charge is 2.17. The summed E-state index contributed by atoms with van der Waals surface area (Å²) in [5.41, 5.74) is 0.807. The molecule has 0 spiro atoms. The summed E-state index contributed by atoms with van der Waals surface area (Å²) in [6.45, 7) is 4.79. The van der Waals surface area contributed by atoms with Crippen molar-refractivity contribution >= 4 is 28.6 Å². The minimum atomic E-state index is -0.404. The first kappa shape index (κ1) is 15.9. The Morgan fingerprint density at radius 3 is 2.71 bits per heavy atom. The third kappa shape index (κ3) is 4.03. The van der Waals surface area contributed by atoms with Gasteiger partial charge in [-0.3, -0.25) is 10.1 Å². The zero-order chi connectivity index (χ0) is 15.4. The first-order valence-electron chi connectivity index (χ1n) is 6.68. The quantitative estimate of drug-likeness (QED) is 0.613. The second-order valence-corrected chi connectivity index (χ2v) is 6.54. The van der Waals surface area contributed by atoms with Crippen LogP contribution in [0.4, 0.5) is 5.69 Å².